The van der Waals surface area contributed by atoms with E-state index in [0.29, 0.717) is 11.6 Å². The van der Waals surface area contributed by atoms with Gasteiger partial charge in [0.15, 0.2) is 6.61 Å². The number of aryl methyl sites for hydroxylation is 1. The first-order valence-corrected chi connectivity index (χ1v) is 7.68. The van der Waals surface area contributed by atoms with Gasteiger partial charge in [0.2, 0.25) is 0 Å². The zero-order chi connectivity index (χ0) is 16.8. The van der Waals surface area contributed by atoms with E-state index in [4.69, 9.17) is 9.26 Å². The Morgan fingerprint density at radius 2 is 1.67 bits per heavy atom. The quantitative estimate of drug-likeness (QED) is 0.756. The van der Waals surface area contributed by atoms with Gasteiger partial charge in [-0.15, -0.1) is 0 Å². The summed E-state index contributed by atoms with van der Waals surface area (Å²) in [5.74, 6) is 0.712. The average molecular weight is 322 g/mol. The second-order valence-electron chi connectivity index (χ2n) is 5.39. The molecule has 0 bridgehead atoms. The number of amides is 1. The second kappa shape index (κ2) is 7.46. The molecule has 0 spiro atoms. The summed E-state index contributed by atoms with van der Waals surface area (Å²) >= 11 is 0. The number of hydrogen-bond donors (Lipinski definition) is 1. The van der Waals surface area contributed by atoms with E-state index in [9.17, 15) is 4.79 Å². The molecule has 3 rings (SSSR count). The molecule has 0 atom stereocenters. The van der Waals surface area contributed by atoms with Crippen molar-refractivity contribution in [2.45, 2.75) is 13.0 Å². The third-order valence-electron chi connectivity index (χ3n) is 3.53. The standard InChI is InChI=1S/C19H18N2O3/c1-14-12-18(21-24-14)23-13-17(22)20-19(15-8-4-2-5-9-15)16-10-6-3-7-11-16/h2-12,19H,13H2,1H3,(H,20,22). The molecule has 0 unspecified atom stereocenters. The predicted molar refractivity (Wildman–Crippen MR) is 89.6 cm³/mol. The molecule has 0 saturated heterocycles. The maximum absolute atomic E-state index is 12.3. The third kappa shape index (κ3) is 4.01. The van der Waals surface area contributed by atoms with Crippen molar-refractivity contribution in [2.24, 2.45) is 0 Å². The lowest BCUT2D eigenvalue weighted by molar-refractivity contribution is -0.123. The Bertz CT molecular complexity index is 745. The van der Waals surface area contributed by atoms with Gasteiger partial charge in [0.05, 0.1) is 6.04 Å². The van der Waals surface area contributed by atoms with Crippen LogP contribution in [-0.2, 0) is 4.79 Å². The fraction of sp³-hybridized carbons (Fsp3) is 0.158. The number of nitrogens with one attached hydrogen (secondary N) is 1. The highest BCUT2D eigenvalue weighted by atomic mass is 16.5. The van der Waals surface area contributed by atoms with Gasteiger partial charge in [-0.25, -0.2) is 0 Å². The maximum Gasteiger partial charge on any atom is 0.258 e. The normalized spacial score (nSPS) is 10.6. The number of hydrogen-bond acceptors (Lipinski definition) is 4. The summed E-state index contributed by atoms with van der Waals surface area (Å²) in [6, 6.07) is 21.0. The van der Waals surface area contributed by atoms with E-state index < -0.39 is 0 Å². The first-order valence-electron chi connectivity index (χ1n) is 7.68. The van der Waals surface area contributed by atoms with Crippen LogP contribution < -0.4 is 10.1 Å². The van der Waals surface area contributed by atoms with Gasteiger partial charge in [0, 0.05) is 6.07 Å². The molecule has 0 aliphatic rings. The summed E-state index contributed by atoms with van der Waals surface area (Å²) in [6.45, 7) is 1.64. The molecular formula is C19H18N2O3. The summed E-state index contributed by atoms with van der Waals surface area (Å²) in [5.41, 5.74) is 2.02. The highest BCUT2D eigenvalue weighted by Crippen LogP contribution is 2.21. The lowest BCUT2D eigenvalue weighted by Gasteiger charge is -2.19. The van der Waals surface area contributed by atoms with Crippen LogP contribution in [0.2, 0.25) is 0 Å². The summed E-state index contributed by atoms with van der Waals surface area (Å²) in [5, 5.41) is 6.71. The molecule has 0 aliphatic heterocycles. The maximum atomic E-state index is 12.3. The number of carbonyl (C=O) groups excluding carboxylic acids is 1. The van der Waals surface area contributed by atoms with Crippen LogP contribution in [0.25, 0.3) is 0 Å². The fourth-order valence-corrected chi connectivity index (χ4v) is 2.40. The molecule has 3 aromatic rings. The smallest absolute Gasteiger partial charge is 0.258 e. The molecule has 0 saturated carbocycles. The fourth-order valence-electron chi connectivity index (χ4n) is 2.40. The van der Waals surface area contributed by atoms with E-state index in [2.05, 4.69) is 10.5 Å². The molecule has 24 heavy (non-hydrogen) atoms. The molecule has 5 heteroatoms. The van der Waals surface area contributed by atoms with Crippen molar-refractivity contribution >= 4 is 5.91 Å². The van der Waals surface area contributed by atoms with Crippen LogP contribution in [-0.4, -0.2) is 17.7 Å². The van der Waals surface area contributed by atoms with Crippen LogP contribution in [0.3, 0.4) is 0 Å². The highest BCUT2D eigenvalue weighted by Gasteiger charge is 2.17. The first kappa shape index (κ1) is 15.8. The van der Waals surface area contributed by atoms with Gasteiger partial charge in [-0.1, -0.05) is 60.7 Å². The van der Waals surface area contributed by atoms with Crippen molar-refractivity contribution in [1.82, 2.24) is 10.5 Å². The minimum atomic E-state index is -0.234. The number of aromatic nitrogens is 1. The van der Waals surface area contributed by atoms with Gasteiger partial charge < -0.3 is 14.6 Å². The summed E-state index contributed by atoms with van der Waals surface area (Å²) in [7, 11) is 0. The molecule has 1 amide bonds. The molecule has 0 aliphatic carbocycles. The minimum Gasteiger partial charge on any atom is -0.465 e. The van der Waals surface area contributed by atoms with Gasteiger partial charge >= 0.3 is 0 Å². The number of carbonyl (C=O) groups is 1. The van der Waals surface area contributed by atoms with Crippen LogP contribution >= 0.6 is 0 Å². The second-order valence-corrected chi connectivity index (χ2v) is 5.39. The van der Waals surface area contributed by atoms with Crippen molar-refractivity contribution in [1.29, 1.82) is 0 Å². The summed E-state index contributed by atoms with van der Waals surface area (Å²) in [6.07, 6.45) is 0. The highest BCUT2D eigenvalue weighted by molar-refractivity contribution is 5.78. The van der Waals surface area contributed by atoms with E-state index in [1.54, 1.807) is 13.0 Å². The van der Waals surface area contributed by atoms with E-state index in [1.807, 2.05) is 60.7 Å². The van der Waals surface area contributed by atoms with Crippen LogP contribution in [0, 0.1) is 6.92 Å². The molecule has 1 N–H and O–H groups in total. The molecule has 0 radical (unpaired) electrons. The SMILES string of the molecule is Cc1cc(OCC(=O)NC(c2ccccc2)c2ccccc2)no1. The Labute approximate surface area is 140 Å². The van der Waals surface area contributed by atoms with E-state index in [-0.39, 0.29) is 18.6 Å². The molecule has 0 fully saturated rings. The monoisotopic (exact) mass is 322 g/mol. The van der Waals surface area contributed by atoms with Gasteiger partial charge in [0.25, 0.3) is 11.8 Å². The Kier molecular flexibility index (Phi) is 4.91. The third-order valence-corrected chi connectivity index (χ3v) is 3.53. The Morgan fingerprint density at radius 1 is 1.08 bits per heavy atom. The van der Waals surface area contributed by atoms with Gasteiger partial charge in [-0.3, -0.25) is 4.79 Å². The summed E-state index contributed by atoms with van der Waals surface area (Å²) < 4.78 is 10.3. The van der Waals surface area contributed by atoms with Gasteiger partial charge in [-0.05, 0) is 23.2 Å². The lowest BCUT2D eigenvalue weighted by Crippen LogP contribution is -2.33. The number of rotatable bonds is 6. The van der Waals surface area contributed by atoms with Crippen LogP contribution in [0.5, 0.6) is 5.88 Å². The largest absolute Gasteiger partial charge is 0.465 e. The van der Waals surface area contributed by atoms with E-state index in [0.717, 1.165) is 11.1 Å². The molecule has 2 aromatic carbocycles. The molecule has 122 valence electrons. The van der Waals surface area contributed by atoms with Crippen molar-refractivity contribution < 1.29 is 14.1 Å². The first-order chi connectivity index (χ1) is 11.7. The number of benzene rings is 2. The van der Waals surface area contributed by atoms with Crippen LogP contribution in [0.4, 0.5) is 0 Å². The van der Waals surface area contributed by atoms with Crippen LogP contribution in [0.1, 0.15) is 22.9 Å². The average Bonchev–Trinajstić information content (AvgIpc) is 3.05. The van der Waals surface area contributed by atoms with Gasteiger partial charge in [-0.2, -0.15) is 0 Å². The predicted octanol–water partition coefficient (Wildman–Crippen LogP) is 3.27. The molecule has 1 aromatic heterocycles. The van der Waals surface area contributed by atoms with Crippen molar-refractivity contribution in [2.75, 3.05) is 6.61 Å². The van der Waals surface area contributed by atoms with Gasteiger partial charge in [0.1, 0.15) is 5.76 Å². The Hall–Kier alpha value is -3.08. The van der Waals surface area contributed by atoms with Crippen molar-refractivity contribution in [3.63, 3.8) is 0 Å². The molecule has 5 nitrogen and oxygen atoms in total. The zero-order valence-electron chi connectivity index (χ0n) is 13.3. The van der Waals surface area contributed by atoms with E-state index in [1.165, 1.54) is 0 Å². The Balaban J connectivity index is 1.71. The van der Waals surface area contributed by atoms with Crippen molar-refractivity contribution in [3.8, 4) is 5.88 Å². The Morgan fingerprint density at radius 3 is 2.17 bits per heavy atom. The topological polar surface area (TPSA) is 64.4 Å². The summed E-state index contributed by atoms with van der Waals surface area (Å²) in [4.78, 5) is 12.3. The van der Waals surface area contributed by atoms with Crippen LogP contribution in [0.15, 0.2) is 71.3 Å². The lowest BCUT2D eigenvalue weighted by atomic mass is 9.99. The zero-order valence-corrected chi connectivity index (χ0v) is 13.3. The molecule has 1 heterocycles. The number of ether oxygens (including phenoxy) is 1. The number of nitrogens with zero attached hydrogens (tertiary/aromatic N) is 1. The van der Waals surface area contributed by atoms with Crippen molar-refractivity contribution in [3.05, 3.63) is 83.6 Å². The molecular weight excluding hydrogens is 304 g/mol. The minimum absolute atomic E-state index is 0.123. The van der Waals surface area contributed by atoms with E-state index >= 15 is 0 Å².